The van der Waals surface area contributed by atoms with Gasteiger partial charge in [-0.3, -0.25) is 14.9 Å². The first kappa shape index (κ1) is 15.9. The van der Waals surface area contributed by atoms with Crippen LogP contribution in [0.3, 0.4) is 0 Å². The Morgan fingerprint density at radius 3 is 2.75 bits per heavy atom. The average molecular weight is 281 g/mol. The normalized spacial score (nSPS) is 11.8. The molecule has 110 valence electrons. The second kappa shape index (κ2) is 7.44. The molecule has 0 heterocycles. The van der Waals surface area contributed by atoms with Crippen molar-refractivity contribution in [3.63, 3.8) is 0 Å². The fourth-order valence-electron chi connectivity index (χ4n) is 1.72. The number of amides is 1. The number of ether oxygens (including phenoxy) is 1. The topological polar surface area (TPSA) is 93.5 Å². The predicted molar refractivity (Wildman–Crippen MR) is 76.1 cm³/mol. The zero-order valence-corrected chi connectivity index (χ0v) is 11.8. The van der Waals surface area contributed by atoms with Crippen molar-refractivity contribution in [1.82, 2.24) is 5.32 Å². The summed E-state index contributed by atoms with van der Waals surface area (Å²) in [5.74, 6) is -0.359. The van der Waals surface area contributed by atoms with Crippen LogP contribution in [0.4, 0.5) is 11.4 Å². The van der Waals surface area contributed by atoms with E-state index in [4.69, 9.17) is 4.74 Å². The number of nitro benzene ring substituents is 1. The van der Waals surface area contributed by atoms with Crippen LogP contribution < -0.4 is 10.6 Å². The zero-order valence-electron chi connectivity index (χ0n) is 11.8. The van der Waals surface area contributed by atoms with Gasteiger partial charge in [0.2, 0.25) is 0 Å². The summed E-state index contributed by atoms with van der Waals surface area (Å²) in [6.45, 7) is 4.64. The molecule has 0 radical (unpaired) electrons. The monoisotopic (exact) mass is 281 g/mol. The molecule has 0 bridgehead atoms. The number of rotatable bonds is 7. The van der Waals surface area contributed by atoms with E-state index < -0.39 is 4.92 Å². The highest BCUT2D eigenvalue weighted by atomic mass is 16.6. The van der Waals surface area contributed by atoms with E-state index in [1.165, 1.54) is 12.1 Å². The van der Waals surface area contributed by atoms with E-state index in [2.05, 4.69) is 10.6 Å². The molecule has 0 saturated heterocycles. The number of carbonyl (C=O) groups is 1. The highest BCUT2D eigenvalue weighted by Crippen LogP contribution is 2.24. The number of anilines is 1. The molecule has 1 unspecified atom stereocenters. The van der Waals surface area contributed by atoms with Crippen LogP contribution in [0.1, 0.15) is 24.2 Å². The lowest BCUT2D eigenvalue weighted by molar-refractivity contribution is -0.384. The van der Waals surface area contributed by atoms with Crippen LogP contribution in [-0.2, 0) is 4.74 Å². The highest BCUT2D eigenvalue weighted by Gasteiger charge is 2.17. The van der Waals surface area contributed by atoms with Crippen LogP contribution in [0.2, 0.25) is 0 Å². The lowest BCUT2D eigenvalue weighted by Gasteiger charge is -2.12. The molecule has 1 aromatic rings. The Balaban J connectivity index is 2.78. The van der Waals surface area contributed by atoms with E-state index in [0.29, 0.717) is 18.8 Å². The average Bonchev–Trinajstić information content (AvgIpc) is 2.44. The van der Waals surface area contributed by atoms with Gasteiger partial charge in [0.15, 0.2) is 0 Å². The van der Waals surface area contributed by atoms with Crippen molar-refractivity contribution < 1.29 is 14.5 Å². The molecule has 1 amide bonds. The van der Waals surface area contributed by atoms with Crippen molar-refractivity contribution >= 4 is 17.3 Å². The number of hydrogen-bond acceptors (Lipinski definition) is 5. The maximum absolute atomic E-state index is 11.9. The van der Waals surface area contributed by atoms with Gasteiger partial charge in [-0.2, -0.15) is 0 Å². The van der Waals surface area contributed by atoms with Crippen LogP contribution in [0.5, 0.6) is 0 Å². The van der Waals surface area contributed by atoms with E-state index in [-0.39, 0.29) is 23.3 Å². The van der Waals surface area contributed by atoms with Gasteiger partial charge in [0.1, 0.15) is 5.69 Å². The Kier molecular flexibility index (Phi) is 5.92. The third kappa shape index (κ3) is 4.20. The van der Waals surface area contributed by atoms with Crippen LogP contribution in [-0.4, -0.2) is 37.1 Å². The van der Waals surface area contributed by atoms with Gasteiger partial charge in [-0.25, -0.2) is 0 Å². The molecule has 0 aromatic heterocycles. The number of benzene rings is 1. The quantitative estimate of drug-likeness (QED) is 0.587. The van der Waals surface area contributed by atoms with E-state index >= 15 is 0 Å². The fraction of sp³-hybridized carbons (Fsp3) is 0.462. The summed E-state index contributed by atoms with van der Waals surface area (Å²) < 4.78 is 5.29. The van der Waals surface area contributed by atoms with Crippen molar-refractivity contribution in [2.45, 2.75) is 20.0 Å². The zero-order chi connectivity index (χ0) is 15.1. The van der Waals surface area contributed by atoms with Gasteiger partial charge in [-0.15, -0.1) is 0 Å². The molecule has 7 heteroatoms. The van der Waals surface area contributed by atoms with Gasteiger partial charge in [0.05, 0.1) is 11.0 Å². The van der Waals surface area contributed by atoms with E-state index in [1.807, 2.05) is 13.8 Å². The molecule has 0 aliphatic carbocycles. The minimum atomic E-state index is -0.522. The standard InChI is InChI=1S/C13H19N3O4/c1-4-20-9(2)8-15-13(17)10-5-6-11(14-3)12(7-10)16(18)19/h5-7,9,14H,4,8H2,1-3H3,(H,15,17). The molecule has 20 heavy (non-hydrogen) atoms. The molecule has 0 fully saturated rings. The molecule has 7 nitrogen and oxygen atoms in total. The summed E-state index contributed by atoms with van der Waals surface area (Å²) in [7, 11) is 1.59. The second-order valence-corrected chi connectivity index (χ2v) is 4.22. The Labute approximate surface area is 117 Å². The van der Waals surface area contributed by atoms with Gasteiger partial charge < -0.3 is 15.4 Å². The first-order valence-electron chi connectivity index (χ1n) is 6.35. The van der Waals surface area contributed by atoms with Gasteiger partial charge in [-0.05, 0) is 26.0 Å². The van der Waals surface area contributed by atoms with Crippen molar-refractivity contribution in [3.05, 3.63) is 33.9 Å². The van der Waals surface area contributed by atoms with Gasteiger partial charge >= 0.3 is 0 Å². The van der Waals surface area contributed by atoms with Crippen molar-refractivity contribution in [2.24, 2.45) is 0 Å². The molecule has 0 aliphatic heterocycles. The van der Waals surface area contributed by atoms with Crippen molar-refractivity contribution in [2.75, 3.05) is 25.5 Å². The van der Waals surface area contributed by atoms with Crippen LogP contribution in [0.15, 0.2) is 18.2 Å². The Bertz CT molecular complexity index is 491. The molecular weight excluding hydrogens is 262 g/mol. The molecule has 1 aromatic carbocycles. The highest BCUT2D eigenvalue weighted by molar-refractivity contribution is 5.95. The second-order valence-electron chi connectivity index (χ2n) is 4.22. The third-order valence-electron chi connectivity index (χ3n) is 2.73. The number of hydrogen-bond donors (Lipinski definition) is 2. The lowest BCUT2D eigenvalue weighted by Crippen LogP contribution is -2.32. The molecule has 0 spiro atoms. The van der Waals surface area contributed by atoms with Crippen LogP contribution >= 0.6 is 0 Å². The Hall–Kier alpha value is -2.15. The van der Waals surface area contributed by atoms with Crippen molar-refractivity contribution in [3.8, 4) is 0 Å². The summed E-state index contributed by atoms with van der Waals surface area (Å²) in [6.07, 6.45) is -0.101. The molecule has 0 aliphatic rings. The molecule has 1 atom stereocenters. The maximum atomic E-state index is 11.9. The third-order valence-corrected chi connectivity index (χ3v) is 2.73. The van der Waals surface area contributed by atoms with Crippen LogP contribution in [0, 0.1) is 10.1 Å². The summed E-state index contributed by atoms with van der Waals surface area (Å²) in [6, 6.07) is 4.31. The minimum absolute atomic E-state index is 0.101. The molecular formula is C13H19N3O4. The number of nitro groups is 1. The Morgan fingerprint density at radius 1 is 1.50 bits per heavy atom. The van der Waals surface area contributed by atoms with E-state index in [1.54, 1.807) is 13.1 Å². The first-order chi connectivity index (χ1) is 9.49. The smallest absolute Gasteiger partial charge is 0.293 e. The van der Waals surface area contributed by atoms with E-state index in [9.17, 15) is 14.9 Å². The number of carbonyl (C=O) groups excluding carboxylic acids is 1. The molecule has 0 saturated carbocycles. The Morgan fingerprint density at radius 2 is 2.20 bits per heavy atom. The lowest BCUT2D eigenvalue weighted by atomic mass is 10.1. The SMILES string of the molecule is CCOC(C)CNC(=O)c1ccc(NC)c([N+](=O)[O-])c1. The summed E-state index contributed by atoms with van der Waals surface area (Å²) >= 11 is 0. The molecule has 2 N–H and O–H groups in total. The van der Waals surface area contributed by atoms with Gasteiger partial charge in [0, 0.05) is 31.8 Å². The first-order valence-corrected chi connectivity index (χ1v) is 6.35. The maximum Gasteiger partial charge on any atom is 0.293 e. The van der Waals surface area contributed by atoms with E-state index in [0.717, 1.165) is 0 Å². The number of nitrogens with zero attached hydrogens (tertiary/aromatic N) is 1. The van der Waals surface area contributed by atoms with Gasteiger partial charge in [0.25, 0.3) is 11.6 Å². The largest absolute Gasteiger partial charge is 0.383 e. The van der Waals surface area contributed by atoms with Crippen molar-refractivity contribution in [1.29, 1.82) is 0 Å². The summed E-state index contributed by atoms with van der Waals surface area (Å²) in [5, 5.41) is 16.3. The summed E-state index contributed by atoms with van der Waals surface area (Å²) in [4.78, 5) is 22.3. The predicted octanol–water partition coefficient (Wildman–Crippen LogP) is 1.79. The van der Waals surface area contributed by atoms with Gasteiger partial charge in [-0.1, -0.05) is 0 Å². The minimum Gasteiger partial charge on any atom is -0.383 e. The fourth-order valence-corrected chi connectivity index (χ4v) is 1.72. The summed E-state index contributed by atoms with van der Waals surface area (Å²) in [5.41, 5.74) is 0.492. The number of nitrogens with one attached hydrogen (secondary N) is 2. The molecule has 1 rings (SSSR count). The van der Waals surface area contributed by atoms with Crippen LogP contribution in [0.25, 0.3) is 0 Å².